The number of hydrogen-bond donors (Lipinski definition) is 3. The second kappa shape index (κ2) is 4.75. The van der Waals surface area contributed by atoms with E-state index in [0.29, 0.717) is 5.56 Å². The van der Waals surface area contributed by atoms with Crippen molar-refractivity contribution in [3.05, 3.63) is 67.9 Å². The third kappa shape index (κ3) is 2.23. The molecule has 0 aliphatic heterocycles. The summed E-state index contributed by atoms with van der Waals surface area (Å²) in [6, 6.07) is 7.19. The van der Waals surface area contributed by atoms with E-state index in [9.17, 15) is 19.5 Å². The van der Waals surface area contributed by atoms with Gasteiger partial charge in [-0.2, -0.15) is 0 Å². The lowest BCUT2D eigenvalue weighted by Gasteiger charge is -2.12. The molecule has 0 saturated carbocycles. The number of fused-ring (bicyclic) bond motifs is 1. The molecule has 0 fully saturated rings. The predicted octanol–water partition coefficient (Wildman–Crippen LogP) is 0.905. The van der Waals surface area contributed by atoms with Gasteiger partial charge in [0.15, 0.2) is 5.78 Å². The van der Waals surface area contributed by atoms with Crippen LogP contribution in [0.5, 0.6) is 5.88 Å². The first-order valence-electron chi connectivity index (χ1n) is 6.15. The van der Waals surface area contributed by atoms with Crippen LogP contribution in [0.15, 0.2) is 39.9 Å². The maximum Gasteiger partial charge on any atom is 0.328 e. The van der Waals surface area contributed by atoms with Crippen molar-refractivity contribution in [2.24, 2.45) is 0 Å². The van der Waals surface area contributed by atoms with Crippen LogP contribution in [0.3, 0.4) is 0 Å². The summed E-state index contributed by atoms with van der Waals surface area (Å²) in [6.07, 6.45) is 4.35. The van der Waals surface area contributed by atoms with Gasteiger partial charge in [-0.1, -0.05) is 30.3 Å². The highest BCUT2D eigenvalue weighted by atomic mass is 16.3. The molecule has 0 saturated heterocycles. The molecule has 3 rings (SSSR count). The van der Waals surface area contributed by atoms with E-state index in [4.69, 9.17) is 0 Å². The normalized spacial score (nSPS) is 15.2. The van der Waals surface area contributed by atoms with Gasteiger partial charge in [0.2, 0.25) is 5.88 Å². The fourth-order valence-corrected chi connectivity index (χ4v) is 2.19. The van der Waals surface area contributed by atoms with E-state index in [-0.39, 0.29) is 16.9 Å². The summed E-state index contributed by atoms with van der Waals surface area (Å²) in [4.78, 5) is 38.9. The van der Waals surface area contributed by atoms with Crippen molar-refractivity contribution in [2.45, 2.75) is 0 Å². The zero-order valence-electron chi connectivity index (χ0n) is 10.7. The topological polar surface area (TPSA) is 103 Å². The summed E-state index contributed by atoms with van der Waals surface area (Å²) in [6.45, 7) is 0. The number of allylic oxidation sites excluding steroid dienone is 2. The average molecular weight is 282 g/mol. The number of nitrogens with one attached hydrogen (secondary N) is 2. The van der Waals surface area contributed by atoms with Gasteiger partial charge < -0.3 is 5.11 Å². The minimum Gasteiger partial charge on any atom is -0.494 e. The largest absolute Gasteiger partial charge is 0.494 e. The van der Waals surface area contributed by atoms with E-state index >= 15 is 0 Å². The summed E-state index contributed by atoms with van der Waals surface area (Å²) in [5.74, 6) is -0.852. The Kier molecular flexibility index (Phi) is 2.91. The highest BCUT2D eigenvalue weighted by Crippen LogP contribution is 2.28. The first-order valence-corrected chi connectivity index (χ1v) is 6.15. The van der Waals surface area contributed by atoms with Gasteiger partial charge in [-0.25, -0.2) is 4.79 Å². The molecular weight excluding hydrogens is 272 g/mol. The average Bonchev–Trinajstić information content (AvgIpc) is 2.44. The van der Waals surface area contributed by atoms with Gasteiger partial charge in [0.1, 0.15) is 5.56 Å². The number of rotatable bonds is 1. The number of benzene rings is 1. The zero-order valence-corrected chi connectivity index (χ0v) is 10.7. The molecule has 0 amide bonds. The second-order valence-electron chi connectivity index (χ2n) is 4.51. The molecule has 3 N–H and O–H groups in total. The number of aromatic nitrogens is 2. The van der Waals surface area contributed by atoms with E-state index in [1.807, 2.05) is 17.1 Å². The third-order valence-electron chi connectivity index (χ3n) is 3.18. The molecule has 1 aromatic heterocycles. The Morgan fingerprint density at radius 3 is 2.52 bits per heavy atom. The van der Waals surface area contributed by atoms with Crippen LogP contribution in [0.2, 0.25) is 0 Å². The van der Waals surface area contributed by atoms with Crippen molar-refractivity contribution in [2.75, 3.05) is 0 Å². The monoisotopic (exact) mass is 282 g/mol. The van der Waals surface area contributed by atoms with Crippen molar-refractivity contribution in [1.82, 2.24) is 9.97 Å². The van der Waals surface area contributed by atoms with Gasteiger partial charge in [-0.05, 0) is 23.3 Å². The lowest BCUT2D eigenvalue weighted by atomic mass is 9.90. The third-order valence-corrected chi connectivity index (χ3v) is 3.18. The molecule has 21 heavy (non-hydrogen) atoms. The highest BCUT2D eigenvalue weighted by molar-refractivity contribution is 6.33. The van der Waals surface area contributed by atoms with Gasteiger partial charge in [0.05, 0.1) is 0 Å². The number of carbonyl (C=O) groups is 1. The molecule has 1 heterocycles. The Morgan fingerprint density at radius 1 is 1.00 bits per heavy atom. The summed E-state index contributed by atoms with van der Waals surface area (Å²) in [5, 5.41) is 9.69. The maximum atomic E-state index is 12.0. The SMILES string of the molecule is O=C1C=Cc2ccccc2/C1=C\c1c(O)[nH]c(=O)[nH]c1=O. The molecule has 104 valence electrons. The van der Waals surface area contributed by atoms with Gasteiger partial charge in [-0.15, -0.1) is 0 Å². The summed E-state index contributed by atoms with van der Waals surface area (Å²) in [5.41, 5.74) is 0.0428. The highest BCUT2D eigenvalue weighted by Gasteiger charge is 2.18. The number of carbonyl (C=O) groups excluding carboxylic acids is 1. The smallest absolute Gasteiger partial charge is 0.328 e. The van der Waals surface area contributed by atoms with Crippen LogP contribution < -0.4 is 11.2 Å². The lowest BCUT2D eigenvalue weighted by Crippen LogP contribution is -2.23. The van der Waals surface area contributed by atoms with Gasteiger partial charge in [0.25, 0.3) is 5.56 Å². The van der Waals surface area contributed by atoms with E-state index in [1.165, 1.54) is 12.2 Å². The molecule has 0 radical (unpaired) electrons. The van der Waals surface area contributed by atoms with Gasteiger partial charge >= 0.3 is 5.69 Å². The van der Waals surface area contributed by atoms with Crippen LogP contribution in [-0.4, -0.2) is 20.9 Å². The first kappa shape index (κ1) is 12.9. The van der Waals surface area contributed by atoms with E-state index in [1.54, 1.807) is 18.2 Å². The van der Waals surface area contributed by atoms with Crippen LogP contribution in [0.4, 0.5) is 0 Å². The molecule has 6 nitrogen and oxygen atoms in total. The van der Waals surface area contributed by atoms with Gasteiger partial charge in [0, 0.05) is 5.57 Å². The van der Waals surface area contributed by atoms with E-state index in [2.05, 4.69) is 4.98 Å². The molecule has 1 aromatic carbocycles. The number of aromatic amines is 2. The molecule has 0 spiro atoms. The zero-order chi connectivity index (χ0) is 15.0. The second-order valence-corrected chi connectivity index (χ2v) is 4.51. The molecule has 1 aliphatic carbocycles. The minimum atomic E-state index is -0.810. The molecule has 0 unspecified atom stereocenters. The Labute approximate surface area is 118 Å². The molecule has 6 heteroatoms. The van der Waals surface area contributed by atoms with Crippen molar-refractivity contribution >= 4 is 23.5 Å². The lowest BCUT2D eigenvalue weighted by molar-refractivity contribution is -0.109. The summed E-state index contributed by atoms with van der Waals surface area (Å²) >= 11 is 0. The van der Waals surface area contributed by atoms with Crippen molar-refractivity contribution in [3.8, 4) is 5.88 Å². The molecule has 0 bridgehead atoms. The van der Waals surface area contributed by atoms with Gasteiger partial charge in [-0.3, -0.25) is 19.6 Å². The summed E-state index contributed by atoms with van der Waals surface area (Å²) in [7, 11) is 0. The quantitative estimate of drug-likeness (QED) is 0.676. The predicted molar refractivity (Wildman–Crippen MR) is 77.7 cm³/mol. The van der Waals surface area contributed by atoms with Crippen molar-refractivity contribution in [3.63, 3.8) is 0 Å². The number of H-pyrrole nitrogens is 2. The van der Waals surface area contributed by atoms with Crippen molar-refractivity contribution < 1.29 is 9.90 Å². The van der Waals surface area contributed by atoms with Crippen LogP contribution in [0.25, 0.3) is 17.7 Å². The maximum absolute atomic E-state index is 12.0. The minimum absolute atomic E-state index is 0.164. The number of aromatic hydroxyl groups is 1. The Morgan fingerprint density at radius 2 is 1.76 bits per heavy atom. The number of hydrogen-bond acceptors (Lipinski definition) is 4. The van der Waals surface area contributed by atoms with Crippen molar-refractivity contribution in [1.29, 1.82) is 0 Å². The first-order chi connectivity index (χ1) is 10.1. The molecule has 0 atom stereocenters. The Balaban J connectivity index is 2.25. The van der Waals surface area contributed by atoms with E-state index in [0.717, 1.165) is 5.56 Å². The van der Waals surface area contributed by atoms with Crippen LogP contribution in [0.1, 0.15) is 16.7 Å². The fourth-order valence-electron chi connectivity index (χ4n) is 2.19. The Hall–Kier alpha value is -3.15. The molecule has 2 aromatic rings. The number of ketones is 1. The standard InChI is InChI=1S/C15H10N2O4/c18-12-6-5-8-3-1-2-4-9(8)10(12)7-11-13(19)16-15(21)17-14(11)20/h1-7H,(H3,16,17,19,20,21)/b10-7+. The Bertz CT molecular complexity index is 916. The summed E-state index contributed by atoms with van der Waals surface area (Å²) < 4.78 is 0. The van der Waals surface area contributed by atoms with Crippen LogP contribution in [-0.2, 0) is 4.79 Å². The molecular formula is C15H10N2O4. The molecule has 1 aliphatic rings. The van der Waals surface area contributed by atoms with E-state index < -0.39 is 17.1 Å². The van der Waals surface area contributed by atoms with Crippen LogP contribution in [0, 0.1) is 0 Å². The fraction of sp³-hybridized carbons (Fsp3) is 0. The van der Waals surface area contributed by atoms with Crippen LogP contribution >= 0.6 is 0 Å².